The van der Waals surface area contributed by atoms with Crippen LogP contribution in [0.3, 0.4) is 0 Å². The quantitative estimate of drug-likeness (QED) is 0.725. The Labute approximate surface area is 131 Å². The SMILES string of the molecule is CC(C)(C)c1cc(-c2nccs2)cc2c1OCCC2(C)C. The van der Waals surface area contributed by atoms with Gasteiger partial charge in [0.1, 0.15) is 10.8 Å². The fourth-order valence-electron chi connectivity index (χ4n) is 2.88. The van der Waals surface area contributed by atoms with E-state index in [1.54, 1.807) is 11.3 Å². The van der Waals surface area contributed by atoms with E-state index in [1.807, 2.05) is 11.6 Å². The highest BCUT2D eigenvalue weighted by atomic mass is 32.1. The van der Waals surface area contributed by atoms with Gasteiger partial charge >= 0.3 is 0 Å². The Kier molecular flexibility index (Phi) is 3.36. The molecule has 0 aliphatic carbocycles. The summed E-state index contributed by atoms with van der Waals surface area (Å²) < 4.78 is 6.07. The van der Waals surface area contributed by atoms with E-state index in [-0.39, 0.29) is 10.8 Å². The molecule has 1 aromatic carbocycles. The molecule has 0 saturated heterocycles. The number of ether oxygens (including phenoxy) is 1. The van der Waals surface area contributed by atoms with Crippen molar-refractivity contribution < 1.29 is 4.74 Å². The van der Waals surface area contributed by atoms with Crippen molar-refractivity contribution in [3.8, 4) is 16.3 Å². The van der Waals surface area contributed by atoms with E-state index in [2.05, 4.69) is 51.7 Å². The molecule has 0 bridgehead atoms. The summed E-state index contributed by atoms with van der Waals surface area (Å²) in [6, 6.07) is 4.54. The van der Waals surface area contributed by atoms with Crippen molar-refractivity contribution in [1.82, 2.24) is 4.98 Å². The molecule has 0 amide bonds. The number of aromatic nitrogens is 1. The van der Waals surface area contributed by atoms with Crippen LogP contribution in [0, 0.1) is 0 Å². The highest BCUT2D eigenvalue weighted by molar-refractivity contribution is 7.13. The average molecular weight is 301 g/mol. The maximum absolute atomic E-state index is 6.07. The number of fused-ring (bicyclic) bond motifs is 1. The van der Waals surface area contributed by atoms with Crippen molar-refractivity contribution in [2.24, 2.45) is 0 Å². The molecule has 1 aliphatic heterocycles. The zero-order valence-corrected chi connectivity index (χ0v) is 14.3. The summed E-state index contributed by atoms with van der Waals surface area (Å²) in [7, 11) is 0. The van der Waals surface area contributed by atoms with Crippen LogP contribution in [-0.4, -0.2) is 11.6 Å². The Morgan fingerprint density at radius 1 is 1.24 bits per heavy atom. The van der Waals surface area contributed by atoms with Crippen LogP contribution in [0.2, 0.25) is 0 Å². The van der Waals surface area contributed by atoms with E-state index < -0.39 is 0 Å². The van der Waals surface area contributed by atoms with Gasteiger partial charge in [-0.25, -0.2) is 4.98 Å². The molecular weight excluding hydrogens is 278 g/mol. The minimum absolute atomic E-state index is 0.0603. The molecule has 0 N–H and O–H groups in total. The molecule has 1 aromatic heterocycles. The van der Waals surface area contributed by atoms with Crippen LogP contribution >= 0.6 is 11.3 Å². The first-order valence-electron chi connectivity index (χ1n) is 7.51. The van der Waals surface area contributed by atoms with Crippen molar-refractivity contribution in [3.05, 3.63) is 34.8 Å². The second-order valence-electron chi connectivity index (χ2n) is 7.47. The third-order valence-electron chi connectivity index (χ3n) is 4.28. The largest absolute Gasteiger partial charge is 0.493 e. The van der Waals surface area contributed by atoms with Crippen LogP contribution in [-0.2, 0) is 10.8 Å². The first kappa shape index (κ1) is 14.6. The fraction of sp³-hybridized carbons (Fsp3) is 0.500. The number of thiazole rings is 1. The molecule has 0 saturated carbocycles. The lowest BCUT2D eigenvalue weighted by Gasteiger charge is -2.36. The van der Waals surface area contributed by atoms with Crippen molar-refractivity contribution in [2.45, 2.75) is 51.9 Å². The predicted molar refractivity (Wildman–Crippen MR) is 89.4 cm³/mol. The molecule has 3 heteroatoms. The van der Waals surface area contributed by atoms with Crippen molar-refractivity contribution in [1.29, 1.82) is 0 Å². The summed E-state index contributed by atoms with van der Waals surface area (Å²) in [6.07, 6.45) is 2.93. The summed E-state index contributed by atoms with van der Waals surface area (Å²) in [4.78, 5) is 4.48. The van der Waals surface area contributed by atoms with Crippen LogP contribution in [0.5, 0.6) is 5.75 Å². The van der Waals surface area contributed by atoms with Gasteiger partial charge in [-0.3, -0.25) is 0 Å². The Hall–Kier alpha value is -1.35. The molecule has 0 spiro atoms. The van der Waals surface area contributed by atoms with Crippen LogP contribution < -0.4 is 4.74 Å². The molecule has 2 nitrogen and oxygen atoms in total. The molecule has 0 radical (unpaired) electrons. The summed E-state index contributed by atoms with van der Waals surface area (Å²) >= 11 is 1.69. The van der Waals surface area contributed by atoms with Crippen molar-refractivity contribution in [3.63, 3.8) is 0 Å². The maximum Gasteiger partial charge on any atom is 0.126 e. The predicted octanol–water partition coefficient (Wildman–Crippen LogP) is 5.17. The smallest absolute Gasteiger partial charge is 0.126 e. The minimum Gasteiger partial charge on any atom is -0.493 e. The third kappa shape index (κ3) is 2.59. The van der Waals surface area contributed by atoms with Gasteiger partial charge in [-0.15, -0.1) is 11.3 Å². The van der Waals surface area contributed by atoms with Crippen LogP contribution in [0.15, 0.2) is 23.7 Å². The topological polar surface area (TPSA) is 22.1 Å². The van der Waals surface area contributed by atoms with E-state index in [9.17, 15) is 0 Å². The average Bonchev–Trinajstić information content (AvgIpc) is 2.90. The summed E-state index contributed by atoms with van der Waals surface area (Å²) in [5, 5.41) is 3.12. The Balaban J connectivity index is 2.27. The van der Waals surface area contributed by atoms with Gasteiger partial charge < -0.3 is 4.74 Å². The van der Waals surface area contributed by atoms with E-state index in [0.29, 0.717) is 0 Å². The molecule has 112 valence electrons. The van der Waals surface area contributed by atoms with E-state index in [0.717, 1.165) is 23.8 Å². The zero-order valence-electron chi connectivity index (χ0n) is 13.5. The molecule has 3 rings (SSSR count). The molecule has 21 heavy (non-hydrogen) atoms. The second-order valence-corrected chi connectivity index (χ2v) is 8.36. The van der Waals surface area contributed by atoms with Crippen molar-refractivity contribution in [2.75, 3.05) is 6.61 Å². The van der Waals surface area contributed by atoms with Gasteiger partial charge in [-0.05, 0) is 29.4 Å². The van der Waals surface area contributed by atoms with Gasteiger partial charge in [0.2, 0.25) is 0 Å². The fourth-order valence-corrected chi connectivity index (χ4v) is 3.50. The lowest BCUT2D eigenvalue weighted by Crippen LogP contribution is -2.29. The van der Waals surface area contributed by atoms with Gasteiger partial charge in [-0.2, -0.15) is 0 Å². The molecule has 1 aliphatic rings. The number of rotatable bonds is 1. The number of nitrogens with zero attached hydrogens (tertiary/aromatic N) is 1. The van der Waals surface area contributed by atoms with Gasteiger partial charge in [0.15, 0.2) is 0 Å². The summed E-state index contributed by atoms with van der Waals surface area (Å²) in [5.41, 5.74) is 4.04. The van der Waals surface area contributed by atoms with E-state index in [1.165, 1.54) is 16.7 Å². The lowest BCUT2D eigenvalue weighted by molar-refractivity contribution is 0.228. The molecule has 0 atom stereocenters. The highest BCUT2D eigenvalue weighted by Crippen LogP contribution is 2.46. The van der Waals surface area contributed by atoms with Gasteiger partial charge in [0.25, 0.3) is 0 Å². The third-order valence-corrected chi connectivity index (χ3v) is 5.10. The van der Waals surface area contributed by atoms with Crippen LogP contribution in [0.1, 0.15) is 52.2 Å². The number of hydrogen-bond acceptors (Lipinski definition) is 3. The Bertz CT molecular complexity index is 633. The Morgan fingerprint density at radius 2 is 2.00 bits per heavy atom. The van der Waals surface area contributed by atoms with Crippen LogP contribution in [0.4, 0.5) is 0 Å². The van der Waals surface area contributed by atoms with Gasteiger partial charge in [0.05, 0.1) is 6.61 Å². The second kappa shape index (κ2) is 4.84. The molecule has 2 heterocycles. The summed E-state index contributed by atoms with van der Waals surface area (Å²) in [5.74, 6) is 1.10. The number of benzene rings is 1. The molecular formula is C18H23NOS. The molecule has 0 unspecified atom stereocenters. The van der Waals surface area contributed by atoms with E-state index >= 15 is 0 Å². The van der Waals surface area contributed by atoms with Crippen LogP contribution in [0.25, 0.3) is 10.6 Å². The zero-order chi connectivity index (χ0) is 15.3. The first-order chi connectivity index (χ1) is 9.79. The standard InChI is InChI=1S/C18H23NOS/c1-17(2,3)13-10-12(16-19-7-9-21-16)11-14-15(13)20-8-6-18(14,4)5/h7,9-11H,6,8H2,1-5H3. The first-order valence-corrected chi connectivity index (χ1v) is 8.39. The summed E-state index contributed by atoms with van der Waals surface area (Å²) in [6.45, 7) is 12.2. The van der Waals surface area contributed by atoms with Gasteiger partial charge in [-0.1, -0.05) is 34.6 Å². The van der Waals surface area contributed by atoms with E-state index in [4.69, 9.17) is 4.74 Å². The lowest BCUT2D eigenvalue weighted by atomic mass is 9.75. The van der Waals surface area contributed by atoms with Gasteiger partial charge in [0, 0.05) is 28.3 Å². The van der Waals surface area contributed by atoms with Crippen molar-refractivity contribution >= 4 is 11.3 Å². The Morgan fingerprint density at radius 3 is 2.62 bits per heavy atom. The maximum atomic E-state index is 6.07. The minimum atomic E-state index is 0.0603. The monoisotopic (exact) mass is 301 g/mol. The highest BCUT2D eigenvalue weighted by Gasteiger charge is 2.33. The normalized spacial score (nSPS) is 17.2. The molecule has 0 fully saturated rings. The molecule has 2 aromatic rings. The number of hydrogen-bond donors (Lipinski definition) is 0.